The molecule has 0 aromatic rings. The van der Waals surface area contributed by atoms with Gasteiger partial charge < -0.3 is 4.90 Å². The molecule has 1 N–H and O–H groups in total. The van der Waals surface area contributed by atoms with Gasteiger partial charge in [-0.15, -0.1) is 0 Å². The molecule has 0 amide bonds. The smallest absolute Gasteiger partial charge is 0.0131 e. The molecule has 3 nitrogen and oxygen atoms in total. The fraction of sp³-hybridized carbons (Fsp3) is 1.00. The highest BCUT2D eigenvalue weighted by molar-refractivity contribution is 4.74. The first-order chi connectivity index (χ1) is 7.86. The largest absolute Gasteiger partial charge is 0.303 e. The Morgan fingerprint density at radius 3 is 2.50 bits per heavy atom. The molecule has 0 aliphatic carbocycles. The number of piperidine rings is 2. The Kier molecular flexibility index (Phi) is 5.07. The third kappa shape index (κ3) is 3.72. The minimum absolute atomic E-state index is 0.825. The van der Waals surface area contributed by atoms with E-state index in [0.717, 1.165) is 12.6 Å². The van der Waals surface area contributed by atoms with Crippen LogP contribution in [0.2, 0.25) is 0 Å². The second-order valence-corrected chi connectivity index (χ2v) is 5.37. The molecule has 1 unspecified atom stereocenters. The number of hydrazine groups is 1. The zero-order valence-corrected chi connectivity index (χ0v) is 10.7. The van der Waals surface area contributed by atoms with Gasteiger partial charge in [-0.2, -0.15) is 0 Å². The van der Waals surface area contributed by atoms with Crippen molar-refractivity contribution >= 4 is 0 Å². The lowest BCUT2D eigenvalue weighted by atomic mass is 10.0. The molecule has 16 heavy (non-hydrogen) atoms. The fourth-order valence-corrected chi connectivity index (χ4v) is 2.95. The van der Waals surface area contributed by atoms with Crippen molar-refractivity contribution in [3.05, 3.63) is 0 Å². The highest BCUT2D eigenvalue weighted by Gasteiger charge is 2.18. The van der Waals surface area contributed by atoms with Crippen LogP contribution in [0.4, 0.5) is 0 Å². The zero-order valence-electron chi connectivity index (χ0n) is 10.7. The highest BCUT2D eigenvalue weighted by Crippen LogP contribution is 2.17. The number of rotatable bonds is 4. The van der Waals surface area contributed by atoms with Gasteiger partial charge in [0.25, 0.3) is 0 Å². The molecular weight excluding hydrogens is 198 g/mol. The third-order valence-electron chi connectivity index (χ3n) is 4.09. The lowest BCUT2D eigenvalue weighted by molar-refractivity contribution is 0.131. The second kappa shape index (κ2) is 6.58. The average Bonchev–Trinajstić information content (AvgIpc) is 2.33. The summed E-state index contributed by atoms with van der Waals surface area (Å²) in [6.07, 6.45) is 9.70. The van der Waals surface area contributed by atoms with Crippen LogP contribution in [0.1, 0.15) is 44.9 Å². The van der Waals surface area contributed by atoms with Gasteiger partial charge in [-0.1, -0.05) is 12.8 Å². The Labute approximate surface area is 100 Å². The van der Waals surface area contributed by atoms with Crippen molar-refractivity contribution in [1.29, 1.82) is 0 Å². The summed E-state index contributed by atoms with van der Waals surface area (Å²) >= 11 is 0. The van der Waals surface area contributed by atoms with Gasteiger partial charge in [0, 0.05) is 25.7 Å². The van der Waals surface area contributed by atoms with E-state index in [9.17, 15) is 0 Å². The molecule has 3 heteroatoms. The van der Waals surface area contributed by atoms with Crippen molar-refractivity contribution in [2.45, 2.75) is 51.0 Å². The molecule has 2 saturated heterocycles. The average molecular weight is 225 g/mol. The first kappa shape index (κ1) is 12.3. The topological polar surface area (TPSA) is 18.5 Å². The van der Waals surface area contributed by atoms with Crippen molar-refractivity contribution in [3.8, 4) is 0 Å². The van der Waals surface area contributed by atoms with Crippen LogP contribution in [0.25, 0.3) is 0 Å². The van der Waals surface area contributed by atoms with E-state index in [1.165, 1.54) is 64.6 Å². The number of likely N-dealkylation sites (tertiary alicyclic amines) is 1. The summed E-state index contributed by atoms with van der Waals surface area (Å²) in [7, 11) is 2.28. The van der Waals surface area contributed by atoms with Crippen LogP contribution in [0.3, 0.4) is 0 Å². The predicted octanol–water partition coefficient (Wildman–Crippen LogP) is 1.85. The molecule has 2 aliphatic rings. The van der Waals surface area contributed by atoms with Crippen LogP contribution in [0.15, 0.2) is 0 Å². The monoisotopic (exact) mass is 225 g/mol. The number of hydrogen-bond acceptors (Lipinski definition) is 3. The molecule has 0 aromatic heterocycles. The maximum Gasteiger partial charge on any atom is 0.0131 e. The molecule has 94 valence electrons. The Balaban J connectivity index is 1.59. The zero-order chi connectivity index (χ0) is 11.2. The van der Waals surface area contributed by atoms with Gasteiger partial charge in [0.05, 0.1) is 0 Å². The Morgan fingerprint density at radius 2 is 1.75 bits per heavy atom. The molecule has 0 aromatic carbocycles. The van der Waals surface area contributed by atoms with Crippen molar-refractivity contribution in [2.75, 3.05) is 33.2 Å². The molecule has 2 rings (SSSR count). The maximum absolute atomic E-state index is 3.60. The van der Waals surface area contributed by atoms with Crippen LogP contribution in [0, 0.1) is 0 Å². The summed E-state index contributed by atoms with van der Waals surface area (Å²) in [5.41, 5.74) is 3.60. The third-order valence-corrected chi connectivity index (χ3v) is 4.09. The maximum atomic E-state index is 3.60. The second-order valence-electron chi connectivity index (χ2n) is 5.37. The van der Waals surface area contributed by atoms with Crippen molar-refractivity contribution in [3.63, 3.8) is 0 Å². The molecule has 0 saturated carbocycles. The lowest BCUT2D eigenvalue weighted by Gasteiger charge is -2.34. The van der Waals surface area contributed by atoms with E-state index in [2.05, 4.69) is 22.4 Å². The van der Waals surface area contributed by atoms with Gasteiger partial charge >= 0.3 is 0 Å². The molecule has 0 spiro atoms. The van der Waals surface area contributed by atoms with Crippen molar-refractivity contribution in [1.82, 2.24) is 15.3 Å². The van der Waals surface area contributed by atoms with E-state index in [-0.39, 0.29) is 0 Å². The Bertz CT molecular complexity index is 190. The van der Waals surface area contributed by atoms with Gasteiger partial charge in [0.2, 0.25) is 0 Å². The molecule has 1 atom stereocenters. The minimum atomic E-state index is 0.825. The summed E-state index contributed by atoms with van der Waals surface area (Å²) in [6.45, 7) is 4.96. The molecule has 2 fully saturated rings. The summed E-state index contributed by atoms with van der Waals surface area (Å²) < 4.78 is 0. The van der Waals surface area contributed by atoms with E-state index in [0.29, 0.717) is 0 Å². The number of nitrogens with zero attached hydrogens (tertiary/aromatic N) is 2. The van der Waals surface area contributed by atoms with Gasteiger partial charge in [0.1, 0.15) is 0 Å². The Hall–Kier alpha value is -0.120. The van der Waals surface area contributed by atoms with E-state index in [1.807, 2.05) is 0 Å². The first-order valence-corrected chi connectivity index (χ1v) is 7.05. The minimum Gasteiger partial charge on any atom is -0.303 e. The molecule has 2 heterocycles. The van der Waals surface area contributed by atoms with Gasteiger partial charge in [-0.3, -0.25) is 5.43 Å². The first-order valence-electron chi connectivity index (χ1n) is 7.05. The van der Waals surface area contributed by atoms with E-state index < -0.39 is 0 Å². The number of nitrogens with one attached hydrogen (secondary N) is 1. The van der Waals surface area contributed by atoms with Crippen molar-refractivity contribution in [2.24, 2.45) is 0 Å². The van der Waals surface area contributed by atoms with Crippen LogP contribution < -0.4 is 5.43 Å². The highest BCUT2D eigenvalue weighted by atomic mass is 15.5. The standard InChI is InChI=1S/C13H27N3/c1-15-10-6-3-7-13(15)8-9-14-16-11-4-2-5-12-16/h13-14H,2-12H2,1H3. The lowest BCUT2D eigenvalue weighted by Crippen LogP contribution is -2.44. The molecular formula is C13H27N3. The van der Waals surface area contributed by atoms with E-state index in [4.69, 9.17) is 0 Å². The predicted molar refractivity (Wildman–Crippen MR) is 68.3 cm³/mol. The van der Waals surface area contributed by atoms with Crippen LogP contribution in [-0.4, -0.2) is 49.2 Å². The van der Waals surface area contributed by atoms with Crippen LogP contribution in [-0.2, 0) is 0 Å². The fourth-order valence-electron chi connectivity index (χ4n) is 2.95. The van der Waals surface area contributed by atoms with Gasteiger partial charge in [-0.25, -0.2) is 5.01 Å². The molecule has 0 bridgehead atoms. The van der Waals surface area contributed by atoms with Gasteiger partial charge in [0.15, 0.2) is 0 Å². The number of hydrogen-bond donors (Lipinski definition) is 1. The SMILES string of the molecule is CN1CCCCC1CCNN1CCCCC1. The van der Waals surface area contributed by atoms with Crippen LogP contribution >= 0.6 is 0 Å². The quantitative estimate of drug-likeness (QED) is 0.788. The van der Waals surface area contributed by atoms with Gasteiger partial charge in [-0.05, 0) is 45.7 Å². The molecule has 0 radical (unpaired) electrons. The van der Waals surface area contributed by atoms with E-state index in [1.54, 1.807) is 0 Å². The molecule has 2 aliphatic heterocycles. The normalized spacial score (nSPS) is 29.4. The Morgan fingerprint density at radius 1 is 1.00 bits per heavy atom. The summed E-state index contributed by atoms with van der Waals surface area (Å²) in [4.78, 5) is 2.54. The summed E-state index contributed by atoms with van der Waals surface area (Å²) in [6, 6.07) is 0.825. The summed E-state index contributed by atoms with van der Waals surface area (Å²) in [5.74, 6) is 0. The van der Waals surface area contributed by atoms with Crippen LogP contribution in [0.5, 0.6) is 0 Å². The summed E-state index contributed by atoms with van der Waals surface area (Å²) in [5, 5.41) is 2.42. The van der Waals surface area contributed by atoms with E-state index >= 15 is 0 Å². The van der Waals surface area contributed by atoms with Crippen molar-refractivity contribution < 1.29 is 0 Å².